The average Bonchev–Trinajstić information content (AvgIpc) is 2.29. The number of nitrogens with one attached hydrogen (secondary N) is 2. The maximum atomic E-state index is 11.2. The molecule has 0 spiro atoms. The van der Waals surface area contributed by atoms with Gasteiger partial charge in [-0.1, -0.05) is 5.92 Å². The van der Waals surface area contributed by atoms with Crippen LogP contribution in [0.25, 0.3) is 0 Å². The number of hydrogen-bond acceptors (Lipinski definition) is 2. The Kier molecular flexibility index (Phi) is 4.31. The van der Waals surface area contributed by atoms with Gasteiger partial charge in [0.15, 0.2) is 0 Å². The summed E-state index contributed by atoms with van der Waals surface area (Å²) >= 11 is 0. The van der Waals surface area contributed by atoms with Crippen molar-refractivity contribution in [2.45, 2.75) is 0 Å². The highest BCUT2D eigenvalue weighted by molar-refractivity contribution is 5.89. The van der Waals surface area contributed by atoms with Gasteiger partial charge >= 0.3 is 6.03 Å². The molecular formula is C12H11N3O. The van der Waals surface area contributed by atoms with Crippen LogP contribution >= 0.6 is 0 Å². The van der Waals surface area contributed by atoms with E-state index in [1.165, 1.54) is 0 Å². The lowest BCUT2D eigenvalue weighted by molar-refractivity contribution is 0.253. The third kappa shape index (κ3) is 3.65. The van der Waals surface area contributed by atoms with Gasteiger partial charge in [-0.15, -0.1) is 6.42 Å². The van der Waals surface area contributed by atoms with Gasteiger partial charge in [0.25, 0.3) is 0 Å². The SMILES string of the molecule is C#CCNC(=O)Nc1ccc(C#CN)cc1. The number of benzene rings is 1. The van der Waals surface area contributed by atoms with Gasteiger partial charge in [0.05, 0.1) is 6.54 Å². The van der Waals surface area contributed by atoms with Crippen molar-refractivity contribution < 1.29 is 4.79 Å². The van der Waals surface area contributed by atoms with Crippen molar-refractivity contribution in [1.82, 2.24) is 5.32 Å². The van der Waals surface area contributed by atoms with Crippen LogP contribution in [-0.4, -0.2) is 12.6 Å². The summed E-state index contributed by atoms with van der Waals surface area (Å²) in [5.41, 5.74) is 6.53. The number of urea groups is 1. The van der Waals surface area contributed by atoms with Crippen molar-refractivity contribution >= 4 is 11.7 Å². The third-order valence-electron chi connectivity index (χ3n) is 1.71. The number of terminal acetylenes is 1. The lowest BCUT2D eigenvalue weighted by atomic mass is 10.2. The molecule has 0 saturated carbocycles. The fourth-order valence-electron chi connectivity index (χ4n) is 1.03. The van der Waals surface area contributed by atoms with Crippen LogP contribution in [0.15, 0.2) is 24.3 Å². The van der Waals surface area contributed by atoms with Crippen molar-refractivity contribution in [1.29, 1.82) is 0 Å². The van der Waals surface area contributed by atoms with Crippen LogP contribution in [0, 0.1) is 24.3 Å². The van der Waals surface area contributed by atoms with Crippen molar-refractivity contribution in [3.63, 3.8) is 0 Å². The van der Waals surface area contributed by atoms with E-state index >= 15 is 0 Å². The molecule has 0 aromatic heterocycles. The topological polar surface area (TPSA) is 67.2 Å². The third-order valence-corrected chi connectivity index (χ3v) is 1.71. The molecule has 0 radical (unpaired) electrons. The van der Waals surface area contributed by atoms with E-state index in [2.05, 4.69) is 28.5 Å². The minimum atomic E-state index is -0.337. The van der Waals surface area contributed by atoms with E-state index in [0.29, 0.717) is 5.69 Å². The molecule has 1 rings (SSSR count). The first-order valence-corrected chi connectivity index (χ1v) is 4.56. The Morgan fingerprint density at radius 1 is 1.38 bits per heavy atom. The number of amides is 2. The monoisotopic (exact) mass is 213 g/mol. The van der Waals surface area contributed by atoms with Crippen LogP contribution in [-0.2, 0) is 0 Å². The molecule has 4 heteroatoms. The molecule has 0 unspecified atom stereocenters. The maximum absolute atomic E-state index is 11.2. The largest absolute Gasteiger partial charge is 0.359 e. The molecule has 0 saturated heterocycles. The molecule has 16 heavy (non-hydrogen) atoms. The Balaban J connectivity index is 2.57. The van der Waals surface area contributed by atoms with E-state index in [0.717, 1.165) is 5.56 Å². The summed E-state index contributed by atoms with van der Waals surface area (Å²) in [5.74, 6) is 5.00. The van der Waals surface area contributed by atoms with Gasteiger partial charge in [-0.2, -0.15) is 0 Å². The molecule has 0 aliphatic heterocycles. The van der Waals surface area contributed by atoms with E-state index in [-0.39, 0.29) is 12.6 Å². The second kappa shape index (κ2) is 6.00. The first-order chi connectivity index (χ1) is 7.76. The van der Waals surface area contributed by atoms with Crippen LogP contribution in [0.1, 0.15) is 5.56 Å². The summed E-state index contributed by atoms with van der Waals surface area (Å²) in [4.78, 5) is 11.2. The van der Waals surface area contributed by atoms with Gasteiger partial charge in [0.2, 0.25) is 0 Å². The Morgan fingerprint density at radius 2 is 2.06 bits per heavy atom. The molecule has 2 amide bonds. The zero-order valence-electron chi connectivity index (χ0n) is 8.58. The smallest absolute Gasteiger partial charge is 0.319 e. The summed E-state index contributed by atoms with van der Waals surface area (Å²) in [5, 5.41) is 5.11. The molecule has 1 aromatic rings. The van der Waals surface area contributed by atoms with Crippen LogP contribution in [0.2, 0.25) is 0 Å². The quantitative estimate of drug-likeness (QED) is 0.500. The standard InChI is InChI=1S/C12H11N3O/c1-2-9-14-12(16)15-11-5-3-10(4-6-11)7-8-13/h1,3-6H,9,13H2,(H2,14,15,16). The van der Waals surface area contributed by atoms with Crippen LogP contribution in [0.4, 0.5) is 10.5 Å². The molecule has 1 aromatic carbocycles. The van der Waals surface area contributed by atoms with Crippen molar-refractivity contribution in [3.8, 4) is 24.3 Å². The number of rotatable bonds is 2. The van der Waals surface area contributed by atoms with Crippen LogP contribution < -0.4 is 16.4 Å². The Hall–Kier alpha value is -2.59. The van der Waals surface area contributed by atoms with Crippen LogP contribution in [0.5, 0.6) is 0 Å². The van der Waals surface area contributed by atoms with E-state index in [1.54, 1.807) is 24.3 Å². The molecule has 0 atom stereocenters. The first kappa shape index (κ1) is 11.5. The molecule has 0 bridgehead atoms. The fraction of sp³-hybridized carbons (Fsp3) is 0.0833. The summed E-state index contributed by atoms with van der Waals surface area (Å²) < 4.78 is 0. The second-order valence-corrected chi connectivity index (χ2v) is 2.86. The lowest BCUT2D eigenvalue weighted by Gasteiger charge is -2.04. The molecule has 0 fully saturated rings. The minimum absolute atomic E-state index is 0.197. The van der Waals surface area contributed by atoms with Crippen molar-refractivity contribution in [3.05, 3.63) is 29.8 Å². The van der Waals surface area contributed by atoms with E-state index in [9.17, 15) is 4.79 Å². The van der Waals surface area contributed by atoms with E-state index in [1.807, 2.05) is 0 Å². The summed E-state index contributed by atoms with van der Waals surface area (Å²) in [7, 11) is 0. The Morgan fingerprint density at radius 3 is 2.62 bits per heavy atom. The normalized spacial score (nSPS) is 8.19. The van der Waals surface area contributed by atoms with E-state index in [4.69, 9.17) is 12.2 Å². The van der Waals surface area contributed by atoms with Crippen molar-refractivity contribution in [2.75, 3.05) is 11.9 Å². The van der Waals surface area contributed by atoms with Gasteiger partial charge in [0, 0.05) is 17.3 Å². The molecule has 0 heterocycles. The molecule has 80 valence electrons. The zero-order valence-corrected chi connectivity index (χ0v) is 8.58. The number of hydrogen-bond donors (Lipinski definition) is 3. The van der Waals surface area contributed by atoms with Crippen molar-refractivity contribution in [2.24, 2.45) is 5.73 Å². The second-order valence-electron chi connectivity index (χ2n) is 2.86. The van der Waals surface area contributed by atoms with Gasteiger partial charge in [-0.3, -0.25) is 0 Å². The number of carbonyl (C=O) groups is 1. The minimum Gasteiger partial charge on any atom is -0.359 e. The Bertz CT molecular complexity index is 460. The van der Waals surface area contributed by atoms with Gasteiger partial charge < -0.3 is 16.4 Å². The predicted molar refractivity (Wildman–Crippen MR) is 63.4 cm³/mol. The van der Waals surface area contributed by atoms with Gasteiger partial charge in [-0.25, -0.2) is 4.79 Å². The summed E-state index contributed by atoms with van der Waals surface area (Å²) in [6.45, 7) is 0.197. The number of anilines is 1. The summed E-state index contributed by atoms with van der Waals surface area (Å²) in [6, 6.07) is 8.95. The number of nitrogens with two attached hydrogens (primary N) is 1. The first-order valence-electron chi connectivity index (χ1n) is 4.56. The summed E-state index contributed by atoms with van der Waals surface area (Å²) in [6.07, 6.45) is 5.00. The highest BCUT2D eigenvalue weighted by Gasteiger charge is 1.98. The maximum Gasteiger partial charge on any atom is 0.319 e. The fourth-order valence-corrected chi connectivity index (χ4v) is 1.03. The lowest BCUT2D eigenvalue weighted by Crippen LogP contribution is -2.28. The molecule has 0 aliphatic rings. The molecule has 0 aliphatic carbocycles. The zero-order chi connectivity index (χ0) is 11.8. The average molecular weight is 213 g/mol. The molecular weight excluding hydrogens is 202 g/mol. The Labute approximate surface area is 94.2 Å². The van der Waals surface area contributed by atoms with E-state index < -0.39 is 0 Å². The molecule has 4 N–H and O–H groups in total. The predicted octanol–water partition coefficient (Wildman–Crippen LogP) is 0.709. The molecule has 4 nitrogen and oxygen atoms in total. The van der Waals surface area contributed by atoms with Crippen LogP contribution in [0.3, 0.4) is 0 Å². The highest BCUT2D eigenvalue weighted by Crippen LogP contribution is 2.08. The number of carbonyl (C=O) groups excluding carboxylic acids is 1. The van der Waals surface area contributed by atoms with Gasteiger partial charge in [0.1, 0.15) is 0 Å². The highest BCUT2D eigenvalue weighted by atomic mass is 16.2. The van der Waals surface area contributed by atoms with Gasteiger partial charge in [-0.05, 0) is 30.2 Å².